The van der Waals surface area contributed by atoms with Gasteiger partial charge in [-0.25, -0.2) is 4.68 Å². The van der Waals surface area contributed by atoms with E-state index in [4.69, 9.17) is 16.3 Å². The van der Waals surface area contributed by atoms with Gasteiger partial charge < -0.3 is 10.1 Å². The molecular weight excluding hydrogens is 438 g/mol. The van der Waals surface area contributed by atoms with Crippen molar-refractivity contribution in [2.24, 2.45) is 0 Å². The van der Waals surface area contributed by atoms with E-state index in [-0.39, 0.29) is 17.9 Å². The number of anilines is 2. The Balaban J connectivity index is 1.50. The van der Waals surface area contributed by atoms with E-state index in [0.29, 0.717) is 22.3 Å². The second-order valence-corrected chi connectivity index (χ2v) is 7.86. The van der Waals surface area contributed by atoms with Crippen LogP contribution in [-0.2, 0) is 0 Å². The van der Waals surface area contributed by atoms with E-state index in [2.05, 4.69) is 26.8 Å². The summed E-state index contributed by atoms with van der Waals surface area (Å²) in [6.45, 7) is 0. The molecule has 0 bridgehead atoms. The summed E-state index contributed by atoms with van der Waals surface area (Å²) in [6.07, 6.45) is 2.08. The van der Waals surface area contributed by atoms with Crippen LogP contribution < -0.4 is 15.4 Å². The van der Waals surface area contributed by atoms with Gasteiger partial charge in [0.25, 0.3) is 11.9 Å². The van der Waals surface area contributed by atoms with E-state index in [0.717, 1.165) is 16.8 Å². The molecule has 7 nitrogen and oxygen atoms in total. The highest BCUT2D eigenvalue weighted by molar-refractivity contribution is 6.30. The lowest BCUT2D eigenvalue weighted by Crippen LogP contribution is -2.20. The fourth-order valence-corrected chi connectivity index (χ4v) is 3.86. The van der Waals surface area contributed by atoms with Gasteiger partial charge in [-0.1, -0.05) is 66.2 Å². The van der Waals surface area contributed by atoms with Gasteiger partial charge in [-0.3, -0.25) is 10.1 Å². The van der Waals surface area contributed by atoms with Crippen LogP contribution in [0.1, 0.15) is 27.5 Å². The van der Waals surface area contributed by atoms with Gasteiger partial charge >= 0.3 is 0 Å². The zero-order chi connectivity index (χ0) is 22.8. The molecule has 1 atom stereocenters. The summed E-state index contributed by atoms with van der Waals surface area (Å²) in [4.78, 5) is 17.4. The third kappa shape index (κ3) is 4.18. The summed E-state index contributed by atoms with van der Waals surface area (Å²) in [7, 11) is 1.53. The maximum Gasteiger partial charge on any atom is 0.261 e. The lowest BCUT2D eigenvalue weighted by atomic mass is 10.0. The van der Waals surface area contributed by atoms with Gasteiger partial charge in [0.2, 0.25) is 5.95 Å². The van der Waals surface area contributed by atoms with Crippen LogP contribution >= 0.6 is 11.6 Å². The number of carbonyl (C=O) groups excluding carboxylic acids is 1. The van der Waals surface area contributed by atoms with Gasteiger partial charge in [0.05, 0.1) is 12.7 Å². The first-order chi connectivity index (χ1) is 16.1. The molecule has 0 saturated carbocycles. The Morgan fingerprint density at radius 1 is 1.03 bits per heavy atom. The van der Waals surface area contributed by atoms with Crippen LogP contribution in [0, 0.1) is 0 Å². The van der Waals surface area contributed by atoms with Gasteiger partial charge in [-0.2, -0.15) is 4.98 Å². The second-order valence-electron chi connectivity index (χ2n) is 7.43. The predicted molar refractivity (Wildman–Crippen MR) is 129 cm³/mol. The number of methoxy groups -OCH3 is 1. The summed E-state index contributed by atoms with van der Waals surface area (Å²) >= 11 is 6.06. The molecule has 5 rings (SSSR count). The van der Waals surface area contributed by atoms with Crippen molar-refractivity contribution in [2.45, 2.75) is 6.04 Å². The smallest absolute Gasteiger partial charge is 0.261 e. The number of carbonyl (C=O) groups is 1. The topological polar surface area (TPSA) is 81.1 Å². The van der Waals surface area contributed by atoms with Crippen molar-refractivity contribution >= 4 is 35.1 Å². The number of amides is 1. The van der Waals surface area contributed by atoms with Crippen LogP contribution in [0.25, 0.3) is 5.70 Å². The minimum Gasteiger partial charge on any atom is -0.496 e. The number of halogens is 1. The Hall–Kier alpha value is -4.10. The molecular formula is C25H20ClN5O2. The maximum absolute atomic E-state index is 12.8. The van der Waals surface area contributed by atoms with Crippen molar-refractivity contribution in [3.8, 4) is 5.75 Å². The standard InChI is InChI=1S/C25H20ClN5O2/c1-33-22-10-6-5-9-19(22)23(32)28-24-29-25-27-20(16-11-13-18(26)14-12-16)15-21(31(25)30-24)17-7-3-2-4-8-17/h2-15,21H,1H3,(H2,27,28,29,30,32)/t21-/m1/s1. The molecule has 33 heavy (non-hydrogen) atoms. The highest BCUT2D eigenvalue weighted by atomic mass is 35.5. The molecule has 3 aromatic carbocycles. The fraction of sp³-hybridized carbons (Fsp3) is 0.0800. The quantitative estimate of drug-likeness (QED) is 0.428. The predicted octanol–water partition coefficient (Wildman–Crippen LogP) is 5.25. The molecule has 1 aromatic heterocycles. The van der Waals surface area contributed by atoms with E-state index in [1.165, 1.54) is 7.11 Å². The van der Waals surface area contributed by atoms with Gasteiger partial charge in [-0.15, -0.1) is 5.10 Å². The minimum atomic E-state index is -0.349. The normalized spacial score (nSPS) is 14.6. The SMILES string of the molecule is COc1ccccc1C(=O)Nc1nc2n(n1)[C@@H](c1ccccc1)C=C(c1ccc(Cl)cc1)N2. The molecule has 0 radical (unpaired) electrons. The number of allylic oxidation sites excluding steroid dienone is 1. The van der Waals surface area contributed by atoms with Crippen molar-refractivity contribution in [2.75, 3.05) is 17.7 Å². The highest BCUT2D eigenvalue weighted by Gasteiger charge is 2.26. The van der Waals surface area contributed by atoms with E-state index in [9.17, 15) is 4.79 Å². The molecule has 0 spiro atoms. The van der Waals surface area contributed by atoms with E-state index in [1.807, 2.05) is 60.7 Å². The first-order valence-corrected chi connectivity index (χ1v) is 10.7. The molecule has 0 unspecified atom stereocenters. The van der Waals surface area contributed by atoms with Crippen LogP contribution in [0.2, 0.25) is 5.02 Å². The number of hydrogen-bond acceptors (Lipinski definition) is 5. The van der Waals surface area contributed by atoms with Crippen molar-refractivity contribution in [3.63, 3.8) is 0 Å². The summed E-state index contributed by atoms with van der Waals surface area (Å²) < 4.78 is 7.05. The number of rotatable bonds is 5. The third-order valence-electron chi connectivity index (χ3n) is 5.34. The number of para-hydroxylation sites is 1. The molecule has 0 fully saturated rings. The number of hydrogen-bond donors (Lipinski definition) is 2. The van der Waals surface area contributed by atoms with Gasteiger partial charge in [-0.05, 0) is 41.5 Å². The maximum atomic E-state index is 12.8. The monoisotopic (exact) mass is 457 g/mol. The summed E-state index contributed by atoms with van der Waals surface area (Å²) in [5.74, 6) is 0.843. The first kappa shape index (κ1) is 20.8. The molecule has 1 amide bonds. The van der Waals surface area contributed by atoms with Gasteiger partial charge in [0, 0.05) is 10.7 Å². The van der Waals surface area contributed by atoms with Gasteiger partial charge in [0.15, 0.2) is 0 Å². The Kier molecular flexibility index (Phi) is 5.54. The number of benzene rings is 3. The molecule has 0 aliphatic carbocycles. The lowest BCUT2D eigenvalue weighted by Gasteiger charge is -2.24. The summed E-state index contributed by atoms with van der Waals surface area (Å²) in [6, 6.07) is 24.4. The molecule has 2 N–H and O–H groups in total. The van der Waals surface area contributed by atoms with Crippen molar-refractivity contribution in [3.05, 3.63) is 107 Å². The van der Waals surface area contributed by atoms with Crippen LogP contribution in [0.3, 0.4) is 0 Å². The minimum absolute atomic E-state index is 0.195. The molecule has 164 valence electrons. The third-order valence-corrected chi connectivity index (χ3v) is 5.59. The van der Waals surface area contributed by atoms with Crippen LogP contribution in [0.5, 0.6) is 5.75 Å². The first-order valence-electron chi connectivity index (χ1n) is 10.3. The Morgan fingerprint density at radius 3 is 2.52 bits per heavy atom. The number of ether oxygens (including phenoxy) is 1. The Labute approximate surface area is 195 Å². The zero-order valence-corrected chi connectivity index (χ0v) is 18.5. The van der Waals surface area contributed by atoms with Gasteiger partial charge in [0.1, 0.15) is 11.8 Å². The average Bonchev–Trinajstić information content (AvgIpc) is 3.26. The number of nitrogens with zero attached hydrogens (tertiary/aromatic N) is 3. The second kappa shape index (κ2) is 8.80. The fourth-order valence-electron chi connectivity index (χ4n) is 3.73. The molecule has 0 saturated heterocycles. The number of nitrogens with one attached hydrogen (secondary N) is 2. The molecule has 4 aromatic rings. The van der Waals surface area contributed by atoms with Crippen molar-refractivity contribution in [1.82, 2.24) is 14.8 Å². The molecule has 1 aliphatic heterocycles. The van der Waals surface area contributed by atoms with E-state index >= 15 is 0 Å². The average molecular weight is 458 g/mol. The Morgan fingerprint density at radius 2 is 1.76 bits per heavy atom. The zero-order valence-electron chi connectivity index (χ0n) is 17.7. The van der Waals surface area contributed by atoms with Crippen molar-refractivity contribution in [1.29, 1.82) is 0 Å². The van der Waals surface area contributed by atoms with Crippen LogP contribution in [0.15, 0.2) is 84.9 Å². The molecule has 8 heteroatoms. The van der Waals surface area contributed by atoms with E-state index in [1.54, 1.807) is 22.9 Å². The van der Waals surface area contributed by atoms with Crippen LogP contribution in [0.4, 0.5) is 11.9 Å². The largest absolute Gasteiger partial charge is 0.496 e. The number of aromatic nitrogens is 3. The molecule has 1 aliphatic rings. The number of fused-ring (bicyclic) bond motifs is 1. The van der Waals surface area contributed by atoms with E-state index < -0.39 is 0 Å². The highest BCUT2D eigenvalue weighted by Crippen LogP contribution is 2.33. The lowest BCUT2D eigenvalue weighted by molar-refractivity contribution is 0.102. The summed E-state index contributed by atoms with van der Waals surface area (Å²) in [5.41, 5.74) is 3.29. The Bertz CT molecular complexity index is 1330. The van der Waals surface area contributed by atoms with Crippen molar-refractivity contribution < 1.29 is 9.53 Å². The molecule has 2 heterocycles. The summed E-state index contributed by atoms with van der Waals surface area (Å²) in [5, 5.41) is 11.3. The van der Waals surface area contributed by atoms with Crippen LogP contribution in [-0.4, -0.2) is 27.8 Å².